The van der Waals surface area contributed by atoms with Gasteiger partial charge in [0, 0.05) is 16.1 Å². The van der Waals surface area contributed by atoms with Gasteiger partial charge >= 0.3 is 0 Å². The Morgan fingerprint density at radius 1 is 1.09 bits per heavy atom. The molecule has 0 radical (unpaired) electrons. The molecule has 3 aromatic carbocycles. The Balaban J connectivity index is 1.55. The van der Waals surface area contributed by atoms with Gasteiger partial charge in [0.2, 0.25) is 0 Å². The van der Waals surface area contributed by atoms with E-state index < -0.39 is 0 Å². The summed E-state index contributed by atoms with van der Waals surface area (Å²) in [5.74, 6) is 0.777. The molecule has 0 spiro atoms. The predicted octanol–water partition coefficient (Wildman–Crippen LogP) is 6.54. The molecule has 0 unspecified atom stereocenters. The number of thioether (sulfide) groups is 1. The highest BCUT2D eigenvalue weighted by Gasteiger charge is 2.33. The molecule has 8 heteroatoms. The van der Waals surface area contributed by atoms with Crippen LogP contribution in [0.1, 0.15) is 28.4 Å². The number of ketones is 1. The van der Waals surface area contributed by atoms with Gasteiger partial charge in [0.15, 0.2) is 21.6 Å². The van der Waals surface area contributed by atoms with Gasteiger partial charge in [-0.25, -0.2) is 0 Å². The zero-order valence-electron chi connectivity index (χ0n) is 18.4. The summed E-state index contributed by atoms with van der Waals surface area (Å²) in [6.07, 6.45) is 1.76. The van der Waals surface area contributed by atoms with Crippen LogP contribution < -0.4 is 14.4 Å². The van der Waals surface area contributed by atoms with Crippen LogP contribution in [0.2, 0.25) is 5.02 Å². The molecular weight excluding hydrogens is 490 g/mol. The number of rotatable bonds is 7. The van der Waals surface area contributed by atoms with Crippen molar-refractivity contribution in [2.75, 3.05) is 12.0 Å². The molecule has 0 saturated carbocycles. The van der Waals surface area contributed by atoms with Crippen LogP contribution in [0, 0.1) is 0 Å². The molecule has 1 aliphatic rings. The summed E-state index contributed by atoms with van der Waals surface area (Å²) in [5.41, 5.74) is 2.72. The summed E-state index contributed by atoms with van der Waals surface area (Å²) in [6, 6.07) is 19.8. The van der Waals surface area contributed by atoms with Crippen molar-refractivity contribution in [1.29, 1.82) is 0 Å². The van der Waals surface area contributed by atoms with E-state index >= 15 is 0 Å². The molecule has 1 fully saturated rings. The lowest BCUT2D eigenvalue weighted by atomic mass is 10.1. The van der Waals surface area contributed by atoms with Crippen molar-refractivity contribution in [3.63, 3.8) is 0 Å². The topological polar surface area (TPSA) is 55.8 Å². The molecule has 1 aliphatic heterocycles. The van der Waals surface area contributed by atoms with E-state index in [2.05, 4.69) is 0 Å². The molecule has 0 atom stereocenters. The van der Waals surface area contributed by atoms with Crippen LogP contribution in [-0.4, -0.2) is 23.1 Å². The van der Waals surface area contributed by atoms with E-state index in [0.717, 1.165) is 11.1 Å². The van der Waals surface area contributed by atoms with E-state index in [1.165, 1.54) is 23.6 Å². The van der Waals surface area contributed by atoms with Crippen LogP contribution in [0.15, 0.2) is 71.6 Å². The molecule has 1 amide bonds. The molecule has 34 heavy (non-hydrogen) atoms. The maximum absolute atomic E-state index is 13.1. The van der Waals surface area contributed by atoms with E-state index in [0.29, 0.717) is 43.6 Å². The van der Waals surface area contributed by atoms with Crippen molar-refractivity contribution in [2.45, 2.75) is 13.5 Å². The number of Topliss-reactive ketones (excluding diaryl/α,β-unsaturated/α-hetero) is 1. The normalized spacial score (nSPS) is 14.6. The van der Waals surface area contributed by atoms with Gasteiger partial charge in [-0.3, -0.25) is 14.5 Å². The van der Waals surface area contributed by atoms with Crippen molar-refractivity contribution >= 4 is 63.4 Å². The molecule has 1 heterocycles. The number of ether oxygens (including phenoxy) is 2. The first-order chi connectivity index (χ1) is 16.4. The van der Waals surface area contributed by atoms with E-state index in [1.807, 2.05) is 30.3 Å². The molecular formula is C26H20ClNO4S2. The number of anilines is 1. The smallest absolute Gasteiger partial charge is 0.270 e. The molecule has 0 N–H and O–H groups in total. The maximum atomic E-state index is 13.1. The third-order valence-electron chi connectivity index (χ3n) is 5.13. The fourth-order valence-electron chi connectivity index (χ4n) is 3.37. The zero-order valence-corrected chi connectivity index (χ0v) is 20.8. The van der Waals surface area contributed by atoms with Crippen LogP contribution >= 0.6 is 35.6 Å². The Labute approximate surface area is 212 Å². The van der Waals surface area contributed by atoms with Gasteiger partial charge < -0.3 is 9.47 Å². The minimum atomic E-state index is -0.242. The number of benzene rings is 3. The van der Waals surface area contributed by atoms with E-state index in [1.54, 1.807) is 49.6 Å². The number of carbonyl (C=O) groups excluding carboxylic acids is 2. The number of hydrogen-bond acceptors (Lipinski definition) is 6. The van der Waals surface area contributed by atoms with Gasteiger partial charge in [0.25, 0.3) is 5.91 Å². The monoisotopic (exact) mass is 509 g/mol. The Hall–Kier alpha value is -3.13. The number of carbonyl (C=O) groups is 2. The highest BCUT2D eigenvalue weighted by molar-refractivity contribution is 8.27. The molecule has 172 valence electrons. The summed E-state index contributed by atoms with van der Waals surface area (Å²) in [4.78, 5) is 26.8. The van der Waals surface area contributed by atoms with Crippen LogP contribution in [-0.2, 0) is 11.4 Å². The first-order valence-electron chi connectivity index (χ1n) is 10.3. The minimum absolute atomic E-state index is 0.0771. The summed E-state index contributed by atoms with van der Waals surface area (Å²) >= 11 is 12.9. The van der Waals surface area contributed by atoms with Gasteiger partial charge in [-0.1, -0.05) is 72.0 Å². The van der Waals surface area contributed by atoms with Gasteiger partial charge in [0.1, 0.15) is 6.61 Å². The highest BCUT2D eigenvalue weighted by Crippen LogP contribution is 2.37. The lowest BCUT2D eigenvalue weighted by Crippen LogP contribution is -2.27. The molecule has 4 rings (SSSR count). The Bertz CT molecular complexity index is 1320. The quantitative estimate of drug-likeness (QED) is 0.205. The van der Waals surface area contributed by atoms with Crippen molar-refractivity contribution in [1.82, 2.24) is 0 Å². The molecule has 5 nitrogen and oxygen atoms in total. The first-order valence-corrected chi connectivity index (χ1v) is 11.9. The fourth-order valence-corrected chi connectivity index (χ4v) is 4.86. The Morgan fingerprint density at radius 2 is 1.88 bits per heavy atom. The second-order valence-electron chi connectivity index (χ2n) is 7.41. The zero-order chi connectivity index (χ0) is 24.2. The second-order valence-corrected chi connectivity index (χ2v) is 9.50. The lowest BCUT2D eigenvalue weighted by Gasteiger charge is -2.15. The number of amides is 1. The number of halogens is 1. The second kappa shape index (κ2) is 10.4. The Kier molecular flexibility index (Phi) is 7.36. The van der Waals surface area contributed by atoms with Crippen LogP contribution in [0.5, 0.6) is 11.5 Å². The molecule has 0 bridgehead atoms. The molecule has 0 aliphatic carbocycles. The van der Waals surface area contributed by atoms with Crippen molar-refractivity contribution in [3.8, 4) is 11.5 Å². The van der Waals surface area contributed by atoms with E-state index in [-0.39, 0.29) is 11.7 Å². The minimum Gasteiger partial charge on any atom is -0.493 e. The van der Waals surface area contributed by atoms with Gasteiger partial charge in [-0.05, 0) is 48.9 Å². The highest BCUT2D eigenvalue weighted by atomic mass is 35.5. The first kappa shape index (κ1) is 24.0. The Morgan fingerprint density at radius 3 is 2.62 bits per heavy atom. The number of methoxy groups -OCH3 is 1. The molecule has 3 aromatic rings. The lowest BCUT2D eigenvalue weighted by molar-refractivity contribution is -0.113. The summed E-state index contributed by atoms with van der Waals surface area (Å²) < 4.78 is 11.8. The average Bonchev–Trinajstić information content (AvgIpc) is 3.11. The fraction of sp³-hybridized carbons (Fsp3) is 0.115. The van der Waals surface area contributed by atoms with Gasteiger partial charge in [0.05, 0.1) is 17.7 Å². The standard InChI is InChI=1S/C26H20ClNO4S2/c1-16(29)18-7-5-8-20(14-18)28-25(30)24(34-26(28)33)13-17-10-11-22(23(12-17)31-2)32-15-19-6-3-4-9-21(19)27/h3-14H,15H2,1-2H3/b24-13-. The van der Waals surface area contributed by atoms with E-state index in [9.17, 15) is 9.59 Å². The number of nitrogens with zero attached hydrogens (tertiary/aromatic N) is 1. The third kappa shape index (κ3) is 5.17. The number of hydrogen-bond donors (Lipinski definition) is 0. The van der Waals surface area contributed by atoms with Crippen molar-refractivity contribution in [2.24, 2.45) is 0 Å². The van der Waals surface area contributed by atoms with Crippen molar-refractivity contribution in [3.05, 3.63) is 93.3 Å². The van der Waals surface area contributed by atoms with Crippen LogP contribution in [0.25, 0.3) is 6.08 Å². The number of thiocarbonyl (C=S) groups is 1. The van der Waals surface area contributed by atoms with E-state index in [4.69, 9.17) is 33.3 Å². The van der Waals surface area contributed by atoms with Crippen molar-refractivity contribution < 1.29 is 19.1 Å². The summed E-state index contributed by atoms with van der Waals surface area (Å²) in [5, 5.41) is 0.633. The molecule has 1 saturated heterocycles. The maximum Gasteiger partial charge on any atom is 0.270 e. The van der Waals surface area contributed by atoms with Gasteiger partial charge in [-0.2, -0.15) is 0 Å². The summed E-state index contributed by atoms with van der Waals surface area (Å²) in [7, 11) is 1.56. The summed E-state index contributed by atoms with van der Waals surface area (Å²) in [6.45, 7) is 1.78. The average molecular weight is 510 g/mol. The largest absolute Gasteiger partial charge is 0.493 e. The van der Waals surface area contributed by atoms with Crippen LogP contribution in [0.4, 0.5) is 5.69 Å². The SMILES string of the molecule is COc1cc(/C=C2\SC(=S)N(c3cccc(C(C)=O)c3)C2=O)ccc1OCc1ccccc1Cl. The molecule has 0 aromatic heterocycles. The third-order valence-corrected chi connectivity index (χ3v) is 6.80. The predicted molar refractivity (Wildman–Crippen MR) is 141 cm³/mol. The van der Waals surface area contributed by atoms with Crippen LogP contribution in [0.3, 0.4) is 0 Å². The van der Waals surface area contributed by atoms with Gasteiger partial charge in [-0.15, -0.1) is 0 Å².